The summed E-state index contributed by atoms with van der Waals surface area (Å²) in [7, 11) is 0. The number of ether oxygens (including phenoxy) is 1. The van der Waals surface area contributed by atoms with Crippen molar-refractivity contribution in [2.75, 3.05) is 13.2 Å². The number of nitrogens with one attached hydrogen (secondary N) is 1. The molecule has 0 radical (unpaired) electrons. The van der Waals surface area contributed by atoms with Crippen LogP contribution in [0.3, 0.4) is 0 Å². The second-order valence-corrected chi connectivity index (χ2v) is 5.39. The average Bonchev–Trinajstić information content (AvgIpc) is 2.77. The van der Waals surface area contributed by atoms with E-state index in [1.807, 2.05) is 0 Å². The third kappa shape index (κ3) is 5.86. The van der Waals surface area contributed by atoms with Gasteiger partial charge in [0.2, 0.25) is 0 Å². The maximum Gasteiger partial charge on any atom is 0.0671 e. The van der Waals surface area contributed by atoms with E-state index >= 15 is 0 Å². The Morgan fingerprint density at radius 2 is 1.94 bits per heavy atom. The lowest BCUT2D eigenvalue weighted by atomic mass is 10.1. The van der Waals surface area contributed by atoms with Crippen molar-refractivity contribution in [3.05, 3.63) is 0 Å². The average molecular weight is 227 g/mol. The predicted octanol–water partition coefficient (Wildman–Crippen LogP) is 3.36. The molecule has 1 saturated carbocycles. The minimum Gasteiger partial charge on any atom is -0.377 e. The van der Waals surface area contributed by atoms with Crippen molar-refractivity contribution in [3.63, 3.8) is 0 Å². The fourth-order valence-corrected chi connectivity index (χ4v) is 2.44. The molecule has 1 aliphatic carbocycles. The largest absolute Gasteiger partial charge is 0.377 e. The molecule has 2 nitrogen and oxygen atoms in total. The summed E-state index contributed by atoms with van der Waals surface area (Å²) >= 11 is 0. The standard InChI is InChI=1S/C14H29NO/c1-4-7-12(2)15-10-13(3)16-11-14-8-5-6-9-14/h12-15H,4-11H2,1-3H3. The molecule has 0 aliphatic heterocycles. The van der Waals surface area contributed by atoms with Crippen molar-refractivity contribution in [1.82, 2.24) is 5.32 Å². The molecule has 2 atom stereocenters. The molecule has 0 aromatic heterocycles. The first-order valence-electron chi connectivity index (χ1n) is 7.07. The fourth-order valence-electron chi connectivity index (χ4n) is 2.44. The molecule has 1 aliphatic rings. The van der Waals surface area contributed by atoms with Gasteiger partial charge in [0.25, 0.3) is 0 Å². The van der Waals surface area contributed by atoms with E-state index < -0.39 is 0 Å². The van der Waals surface area contributed by atoms with Gasteiger partial charge in [0, 0.05) is 19.2 Å². The van der Waals surface area contributed by atoms with Gasteiger partial charge in [-0.2, -0.15) is 0 Å². The summed E-state index contributed by atoms with van der Waals surface area (Å²) in [6, 6.07) is 0.627. The highest BCUT2D eigenvalue weighted by atomic mass is 16.5. The van der Waals surface area contributed by atoms with Crippen molar-refractivity contribution < 1.29 is 4.74 Å². The van der Waals surface area contributed by atoms with Gasteiger partial charge in [-0.25, -0.2) is 0 Å². The Bertz CT molecular complexity index is 166. The Balaban J connectivity index is 1.99. The van der Waals surface area contributed by atoms with Crippen LogP contribution in [0.25, 0.3) is 0 Å². The molecule has 1 fully saturated rings. The van der Waals surface area contributed by atoms with Crippen LogP contribution in [-0.4, -0.2) is 25.3 Å². The van der Waals surface area contributed by atoms with Crippen molar-refractivity contribution in [2.45, 2.75) is 71.4 Å². The smallest absolute Gasteiger partial charge is 0.0671 e. The highest BCUT2D eigenvalue weighted by Crippen LogP contribution is 2.24. The van der Waals surface area contributed by atoms with Crippen molar-refractivity contribution in [2.24, 2.45) is 5.92 Å². The third-order valence-electron chi connectivity index (χ3n) is 3.57. The van der Waals surface area contributed by atoms with Gasteiger partial charge in [0.15, 0.2) is 0 Å². The number of hydrogen-bond donors (Lipinski definition) is 1. The van der Waals surface area contributed by atoms with Gasteiger partial charge in [-0.15, -0.1) is 0 Å². The van der Waals surface area contributed by atoms with Gasteiger partial charge in [-0.3, -0.25) is 0 Å². The Hall–Kier alpha value is -0.0800. The Morgan fingerprint density at radius 3 is 2.56 bits per heavy atom. The van der Waals surface area contributed by atoms with Gasteiger partial charge in [0.05, 0.1) is 6.10 Å². The lowest BCUT2D eigenvalue weighted by molar-refractivity contribution is 0.0403. The Kier molecular flexibility index (Phi) is 7.06. The van der Waals surface area contributed by atoms with Crippen LogP contribution in [0, 0.1) is 5.92 Å². The summed E-state index contributed by atoms with van der Waals surface area (Å²) in [5.74, 6) is 0.843. The molecule has 0 aromatic carbocycles. The molecule has 1 N–H and O–H groups in total. The predicted molar refractivity (Wildman–Crippen MR) is 69.7 cm³/mol. The van der Waals surface area contributed by atoms with Gasteiger partial charge in [-0.1, -0.05) is 26.2 Å². The van der Waals surface area contributed by atoms with E-state index in [0.29, 0.717) is 12.1 Å². The zero-order chi connectivity index (χ0) is 11.8. The van der Waals surface area contributed by atoms with E-state index in [2.05, 4.69) is 26.1 Å². The van der Waals surface area contributed by atoms with Gasteiger partial charge >= 0.3 is 0 Å². The maximum absolute atomic E-state index is 5.89. The summed E-state index contributed by atoms with van der Waals surface area (Å²) in [5.41, 5.74) is 0. The lowest BCUT2D eigenvalue weighted by Gasteiger charge is -2.19. The van der Waals surface area contributed by atoms with E-state index in [-0.39, 0.29) is 0 Å². The van der Waals surface area contributed by atoms with Gasteiger partial charge in [-0.05, 0) is 39.0 Å². The minimum atomic E-state index is 0.361. The molecule has 16 heavy (non-hydrogen) atoms. The van der Waals surface area contributed by atoms with Crippen LogP contribution in [-0.2, 0) is 4.74 Å². The van der Waals surface area contributed by atoms with E-state index in [1.54, 1.807) is 0 Å². The lowest BCUT2D eigenvalue weighted by Crippen LogP contribution is -2.34. The SMILES string of the molecule is CCCC(C)NCC(C)OCC1CCCC1. The quantitative estimate of drug-likeness (QED) is 0.686. The molecule has 0 saturated heterocycles. The van der Waals surface area contributed by atoms with Crippen LogP contribution in [0.2, 0.25) is 0 Å². The van der Waals surface area contributed by atoms with E-state index in [9.17, 15) is 0 Å². The topological polar surface area (TPSA) is 21.3 Å². The van der Waals surface area contributed by atoms with E-state index in [0.717, 1.165) is 19.1 Å². The zero-order valence-corrected chi connectivity index (χ0v) is 11.3. The molecule has 96 valence electrons. The number of rotatable bonds is 8. The summed E-state index contributed by atoms with van der Waals surface area (Å²) in [6.45, 7) is 8.64. The first-order valence-corrected chi connectivity index (χ1v) is 7.07. The van der Waals surface area contributed by atoms with E-state index in [1.165, 1.54) is 38.5 Å². The monoisotopic (exact) mass is 227 g/mol. The summed E-state index contributed by atoms with van der Waals surface area (Å²) in [4.78, 5) is 0. The summed E-state index contributed by atoms with van der Waals surface area (Å²) in [6.07, 6.45) is 8.46. The van der Waals surface area contributed by atoms with Crippen LogP contribution in [0.15, 0.2) is 0 Å². The first-order chi connectivity index (χ1) is 7.72. The molecular weight excluding hydrogens is 198 g/mol. The molecule has 0 heterocycles. The molecule has 0 spiro atoms. The van der Waals surface area contributed by atoms with Crippen LogP contribution < -0.4 is 5.32 Å². The van der Waals surface area contributed by atoms with Crippen LogP contribution >= 0.6 is 0 Å². The molecule has 0 amide bonds. The van der Waals surface area contributed by atoms with Crippen LogP contribution in [0.1, 0.15) is 59.3 Å². The van der Waals surface area contributed by atoms with Crippen LogP contribution in [0.4, 0.5) is 0 Å². The molecule has 2 unspecified atom stereocenters. The molecule has 0 bridgehead atoms. The first kappa shape index (κ1) is 14.0. The minimum absolute atomic E-state index is 0.361. The second kappa shape index (κ2) is 8.08. The fraction of sp³-hybridized carbons (Fsp3) is 1.00. The molecule has 2 heteroatoms. The summed E-state index contributed by atoms with van der Waals surface area (Å²) in [5, 5.41) is 3.53. The summed E-state index contributed by atoms with van der Waals surface area (Å²) < 4.78 is 5.89. The normalized spacial score (nSPS) is 21.2. The Labute approximate surface area is 101 Å². The van der Waals surface area contributed by atoms with Crippen molar-refractivity contribution >= 4 is 0 Å². The maximum atomic E-state index is 5.89. The van der Waals surface area contributed by atoms with Crippen LogP contribution in [0.5, 0.6) is 0 Å². The highest BCUT2D eigenvalue weighted by molar-refractivity contribution is 4.68. The molecular formula is C14H29NO. The van der Waals surface area contributed by atoms with Crippen molar-refractivity contribution in [3.8, 4) is 0 Å². The second-order valence-electron chi connectivity index (χ2n) is 5.39. The van der Waals surface area contributed by atoms with Crippen molar-refractivity contribution in [1.29, 1.82) is 0 Å². The van der Waals surface area contributed by atoms with Gasteiger partial charge in [0.1, 0.15) is 0 Å². The molecule has 0 aromatic rings. The van der Waals surface area contributed by atoms with Gasteiger partial charge < -0.3 is 10.1 Å². The zero-order valence-electron chi connectivity index (χ0n) is 11.3. The Morgan fingerprint density at radius 1 is 1.25 bits per heavy atom. The third-order valence-corrected chi connectivity index (χ3v) is 3.57. The van der Waals surface area contributed by atoms with E-state index in [4.69, 9.17) is 4.74 Å². The molecule has 1 rings (SSSR count). The number of hydrogen-bond acceptors (Lipinski definition) is 2. The highest BCUT2D eigenvalue weighted by Gasteiger charge is 2.16.